The second-order valence-electron chi connectivity index (χ2n) is 6.65. The number of aromatic nitrogens is 1. The van der Waals surface area contributed by atoms with Gasteiger partial charge in [-0.1, -0.05) is 0 Å². The second kappa shape index (κ2) is 6.74. The van der Waals surface area contributed by atoms with E-state index in [2.05, 4.69) is 9.88 Å². The van der Waals surface area contributed by atoms with E-state index in [1.54, 1.807) is 25.2 Å². The van der Waals surface area contributed by atoms with Gasteiger partial charge in [-0.15, -0.1) is 0 Å². The highest BCUT2D eigenvalue weighted by Crippen LogP contribution is 2.33. The number of nitrogens with zero attached hydrogens (tertiary/aromatic N) is 2. The molecular weight excluding hydrogens is 334 g/mol. The van der Waals surface area contributed by atoms with Gasteiger partial charge in [-0.2, -0.15) is 0 Å². The van der Waals surface area contributed by atoms with Gasteiger partial charge in [-0.25, -0.2) is 0 Å². The molecule has 0 fully saturated rings. The summed E-state index contributed by atoms with van der Waals surface area (Å²) in [4.78, 5) is 26.8. The summed E-state index contributed by atoms with van der Waals surface area (Å²) < 4.78 is 12.8. The van der Waals surface area contributed by atoms with E-state index in [1.807, 2.05) is 23.2 Å². The molecule has 7 nitrogen and oxygen atoms in total. The van der Waals surface area contributed by atoms with Crippen molar-refractivity contribution in [3.8, 4) is 11.5 Å². The summed E-state index contributed by atoms with van der Waals surface area (Å²) in [7, 11) is 1.63. The van der Waals surface area contributed by atoms with Crippen molar-refractivity contribution in [1.82, 2.24) is 14.8 Å². The summed E-state index contributed by atoms with van der Waals surface area (Å²) in [5.41, 5.74) is 1.63. The Balaban J connectivity index is 1.59. The van der Waals surface area contributed by atoms with E-state index in [0.29, 0.717) is 36.6 Å². The molecule has 26 heavy (non-hydrogen) atoms. The van der Waals surface area contributed by atoms with Gasteiger partial charge >= 0.3 is 0 Å². The van der Waals surface area contributed by atoms with Crippen LogP contribution in [0.1, 0.15) is 22.5 Å². The topological polar surface area (TPSA) is 72.8 Å². The van der Waals surface area contributed by atoms with E-state index in [1.165, 1.54) is 0 Å². The third-order valence-corrected chi connectivity index (χ3v) is 4.87. The summed E-state index contributed by atoms with van der Waals surface area (Å²) in [6.45, 7) is 1.95. The number of hydrogen-bond acceptors (Lipinski definition) is 4. The first-order valence-electron chi connectivity index (χ1n) is 8.67. The van der Waals surface area contributed by atoms with Crippen LogP contribution >= 0.6 is 0 Å². The predicted octanol–water partition coefficient (Wildman–Crippen LogP) is 1.63. The average Bonchev–Trinajstić information content (AvgIpc) is 3.25. The molecule has 2 aliphatic rings. The number of carbonyl (C=O) groups excluding carboxylic acids is 2. The molecular formula is C19H21N3O4. The van der Waals surface area contributed by atoms with Gasteiger partial charge in [0, 0.05) is 49.9 Å². The van der Waals surface area contributed by atoms with Gasteiger partial charge in [0.1, 0.15) is 0 Å². The van der Waals surface area contributed by atoms with Crippen LogP contribution < -0.4 is 14.8 Å². The number of benzene rings is 1. The van der Waals surface area contributed by atoms with Crippen LogP contribution in [0.5, 0.6) is 11.5 Å². The van der Waals surface area contributed by atoms with Gasteiger partial charge in [0.2, 0.25) is 12.7 Å². The quantitative estimate of drug-likeness (QED) is 0.908. The molecule has 2 aliphatic heterocycles. The van der Waals surface area contributed by atoms with Crippen LogP contribution in [0.4, 0.5) is 0 Å². The molecule has 0 saturated heterocycles. The Morgan fingerprint density at radius 1 is 1.19 bits per heavy atom. The third kappa shape index (κ3) is 3.12. The summed E-state index contributed by atoms with van der Waals surface area (Å²) in [5.74, 6) is 1.22. The molecule has 1 atom stereocenters. The van der Waals surface area contributed by atoms with Crippen LogP contribution in [-0.4, -0.2) is 41.7 Å². The van der Waals surface area contributed by atoms with Crippen LogP contribution in [0, 0.1) is 5.92 Å². The van der Waals surface area contributed by atoms with Crippen LogP contribution in [0.25, 0.3) is 0 Å². The van der Waals surface area contributed by atoms with Crippen LogP contribution in [0.3, 0.4) is 0 Å². The van der Waals surface area contributed by atoms with Crippen molar-refractivity contribution in [3.05, 3.63) is 47.8 Å². The number of hydrogen-bond donors (Lipinski definition) is 1. The lowest BCUT2D eigenvalue weighted by Crippen LogP contribution is -2.35. The van der Waals surface area contributed by atoms with Crippen LogP contribution in [-0.2, 0) is 17.9 Å². The molecule has 1 aromatic heterocycles. The van der Waals surface area contributed by atoms with Gasteiger partial charge in [-0.3, -0.25) is 9.59 Å². The monoisotopic (exact) mass is 355 g/mol. The summed E-state index contributed by atoms with van der Waals surface area (Å²) in [6.07, 6.45) is 2.39. The molecule has 0 spiro atoms. The Morgan fingerprint density at radius 2 is 2.04 bits per heavy atom. The zero-order valence-electron chi connectivity index (χ0n) is 14.6. The molecule has 0 saturated carbocycles. The van der Waals surface area contributed by atoms with Crippen molar-refractivity contribution in [3.63, 3.8) is 0 Å². The molecule has 1 aromatic carbocycles. The fourth-order valence-electron chi connectivity index (χ4n) is 3.54. The van der Waals surface area contributed by atoms with Gasteiger partial charge in [0.25, 0.3) is 5.91 Å². The van der Waals surface area contributed by atoms with Gasteiger partial charge in [0.15, 0.2) is 11.5 Å². The normalized spacial score (nSPS) is 18.2. The summed E-state index contributed by atoms with van der Waals surface area (Å²) in [6, 6.07) is 9.23. The molecule has 3 heterocycles. The Bertz CT molecular complexity index is 845. The molecule has 0 aliphatic carbocycles. The number of fused-ring (bicyclic) bond motifs is 2. The van der Waals surface area contributed by atoms with Crippen molar-refractivity contribution in [1.29, 1.82) is 0 Å². The maximum atomic E-state index is 13.1. The molecule has 136 valence electrons. The SMILES string of the molecule is CNC(=O)CC1CN(C(=O)c2ccc3c(c2)OCO3)Cc2cccn2C1. The highest BCUT2D eigenvalue weighted by molar-refractivity contribution is 5.95. The number of amides is 2. The Labute approximate surface area is 151 Å². The maximum Gasteiger partial charge on any atom is 0.254 e. The molecule has 2 aromatic rings. The lowest BCUT2D eigenvalue weighted by atomic mass is 10.0. The Morgan fingerprint density at radius 3 is 2.88 bits per heavy atom. The third-order valence-electron chi connectivity index (χ3n) is 4.87. The van der Waals surface area contributed by atoms with Gasteiger partial charge in [-0.05, 0) is 30.3 Å². The van der Waals surface area contributed by atoms with Gasteiger partial charge in [0.05, 0.1) is 6.54 Å². The second-order valence-corrected chi connectivity index (χ2v) is 6.65. The smallest absolute Gasteiger partial charge is 0.254 e. The van der Waals surface area contributed by atoms with Crippen molar-refractivity contribution < 1.29 is 19.1 Å². The fourth-order valence-corrected chi connectivity index (χ4v) is 3.54. The molecule has 2 amide bonds. The number of carbonyl (C=O) groups is 2. The van der Waals surface area contributed by atoms with Crippen LogP contribution in [0.2, 0.25) is 0 Å². The minimum atomic E-state index is -0.0696. The zero-order valence-corrected chi connectivity index (χ0v) is 14.6. The summed E-state index contributed by atoms with van der Waals surface area (Å²) >= 11 is 0. The molecule has 7 heteroatoms. The van der Waals surface area contributed by atoms with E-state index in [9.17, 15) is 9.59 Å². The molecule has 1 N–H and O–H groups in total. The minimum Gasteiger partial charge on any atom is -0.454 e. The van der Waals surface area contributed by atoms with Crippen molar-refractivity contribution in [2.75, 3.05) is 20.4 Å². The van der Waals surface area contributed by atoms with E-state index in [4.69, 9.17) is 9.47 Å². The van der Waals surface area contributed by atoms with Crippen molar-refractivity contribution >= 4 is 11.8 Å². The largest absolute Gasteiger partial charge is 0.454 e. The first-order valence-corrected chi connectivity index (χ1v) is 8.67. The predicted molar refractivity (Wildman–Crippen MR) is 93.9 cm³/mol. The lowest BCUT2D eigenvalue weighted by molar-refractivity contribution is -0.121. The minimum absolute atomic E-state index is 0.0129. The lowest BCUT2D eigenvalue weighted by Gasteiger charge is -2.24. The Hall–Kier alpha value is -2.96. The van der Waals surface area contributed by atoms with E-state index in [0.717, 1.165) is 12.2 Å². The molecule has 0 radical (unpaired) electrons. The van der Waals surface area contributed by atoms with Crippen molar-refractivity contribution in [2.45, 2.75) is 19.5 Å². The Kier molecular flexibility index (Phi) is 4.28. The maximum absolute atomic E-state index is 13.1. The summed E-state index contributed by atoms with van der Waals surface area (Å²) in [5, 5.41) is 2.67. The van der Waals surface area contributed by atoms with Crippen LogP contribution in [0.15, 0.2) is 36.5 Å². The first-order chi connectivity index (χ1) is 12.6. The molecule has 0 bridgehead atoms. The molecule has 4 rings (SSSR count). The van der Waals surface area contributed by atoms with Crippen molar-refractivity contribution in [2.24, 2.45) is 5.92 Å². The fraction of sp³-hybridized carbons (Fsp3) is 0.368. The van der Waals surface area contributed by atoms with E-state index >= 15 is 0 Å². The number of rotatable bonds is 3. The standard InChI is InChI=1S/C19H21N3O4/c1-20-18(23)7-13-9-21-6-2-3-15(21)11-22(10-13)19(24)14-4-5-16-17(8-14)26-12-25-16/h2-6,8,13H,7,9-12H2,1H3,(H,20,23). The molecule has 1 unspecified atom stereocenters. The average molecular weight is 355 g/mol. The number of nitrogens with one attached hydrogen (secondary N) is 1. The zero-order chi connectivity index (χ0) is 18.1. The first kappa shape index (κ1) is 16.5. The highest BCUT2D eigenvalue weighted by atomic mass is 16.7. The van der Waals surface area contributed by atoms with E-state index < -0.39 is 0 Å². The van der Waals surface area contributed by atoms with E-state index in [-0.39, 0.29) is 24.5 Å². The highest BCUT2D eigenvalue weighted by Gasteiger charge is 2.27. The van der Waals surface area contributed by atoms with Gasteiger partial charge < -0.3 is 24.3 Å². The number of ether oxygens (including phenoxy) is 2.